The molecule has 0 spiro atoms. The third-order valence-corrected chi connectivity index (χ3v) is 4.15. The highest BCUT2D eigenvalue weighted by atomic mass is 16.2. The van der Waals surface area contributed by atoms with Gasteiger partial charge in [0.2, 0.25) is 11.8 Å². The fourth-order valence-electron chi connectivity index (χ4n) is 2.69. The second-order valence-corrected chi connectivity index (χ2v) is 6.01. The van der Waals surface area contributed by atoms with Crippen molar-refractivity contribution in [1.82, 2.24) is 15.1 Å². The Morgan fingerprint density at radius 3 is 2.57 bits per heavy atom. The quantitative estimate of drug-likeness (QED) is 0.876. The van der Waals surface area contributed by atoms with Crippen LogP contribution < -0.4 is 5.32 Å². The maximum Gasteiger partial charge on any atom is 0.251 e. The van der Waals surface area contributed by atoms with E-state index in [1.807, 2.05) is 6.07 Å². The number of rotatable bonds is 5. The largest absolute Gasteiger partial charge is 0.349 e. The Morgan fingerprint density at radius 1 is 1.35 bits per heavy atom. The van der Waals surface area contributed by atoms with E-state index < -0.39 is 0 Å². The molecule has 2 rings (SSSR count). The van der Waals surface area contributed by atoms with Crippen molar-refractivity contribution in [3.8, 4) is 0 Å². The molecule has 2 atom stereocenters. The van der Waals surface area contributed by atoms with Gasteiger partial charge in [0.1, 0.15) is 6.04 Å². The Morgan fingerprint density at radius 2 is 2.00 bits per heavy atom. The van der Waals surface area contributed by atoms with Crippen molar-refractivity contribution in [1.29, 1.82) is 0 Å². The molecule has 3 amide bonds. The van der Waals surface area contributed by atoms with Crippen molar-refractivity contribution < 1.29 is 14.4 Å². The van der Waals surface area contributed by atoms with Crippen LogP contribution in [0, 0.1) is 0 Å². The smallest absolute Gasteiger partial charge is 0.251 e. The molecule has 0 saturated carbocycles. The van der Waals surface area contributed by atoms with Crippen LogP contribution >= 0.6 is 0 Å². The number of amides is 3. The number of carbonyl (C=O) groups is 3. The van der Waals surface area contributed by atoms with Crippen molar-refractivity contribution in [3.05, 3.63) is 35.9 Å². The predicted molar refractivity (Wildman–Crippen MR) is 86.8 cm³/mol. The minimum Gasteiger partial charge on any atom is -0.349 e. The molecule has 124 valence electrons. The molecule has 1 saturated heterocycles. The molecule has 1 heterocycles. The second-order valence-electron chi connectivity index (χ2n) is 6.01. The number of nitrogens with one attached hydrogen (secondary N) is 1. The summed E-state index contributed by atoms with van der Waals surface area (Å²) in [7, 11) is 3.39. The van der Waals surface area contributed by atoms with Gasteiger partial charge in [-0.25, -0.2) is 0 Å². The Bertz CT molecular complexity index is 588. The van der Waals surface area contributed by atoms with E-state index in [1.54, 1.807) is 50.2 Å². The molecular formula is C17H23N3O3. The average Bonchev–Trinajstić information content (AvgIpc) is 2.86. The number of hydrogen-bond donors (Lipinski definition) is 1. The lowest BCUT2D eigenvalue weighted by atomic mass is 10.1. The van der Waals surface area contributed by atoms with E-state index in [0.717, 1.165) is 0 Å². The minimum absolute atomic E-state index is 0.0261. The number of nitrogens with zero attached hydrogens (tertiary/aromatic N) is 2. The molecule has 2 unspecified atom stereocenters. The predicted octanol–water partition coefficient (Wildman–Crippen LogP) is 0.884. The van der Waals surface area contributed by atoms with E-state index in [9.17, 15) is 14.4 Å². The Hall–Kier alpha value is -2.37. The summed E-state index contributed by atoms with van der Waals surface area (Å²) in [4.78, 5) is 39.5. The first-order valence-electron chi connectivity index (χ1n) is 7.76. The molecular weight excluding hydrogens is 294 g/mol. The van der Waals surface area contributed by atoms with Crippen LogP contribution in [0.5, 0.6) is 0 Å². The van der Waals surface area contributed by atoms with E-state index in [2.05, 4.69) is 5.32 Å². The fourth-order valence-corrected chi connectivity index (χ4v) is 2.69. The lowest BCUT2D eigenvalue weighted by Crippen LogP contribution is -2.44. The molecule has 0 aliphatic carbocycles. The van der Waals surface area contributed by atoms with Gasteiger partial charge in [0.05, 0.1) is 0 Å². The first-order chi connectivity index (χ1) is 10.9. The Kier molecular flexibility index (Phi) is 5.36. The topological polar surface area (TPSA) is 69.7 Å². The molecule has 1 aliphatic rings. The van der Waals surface area contributed by atoms with Crippen LogP contribution in [0.15, 0.2) is 30.3 Å². The summed E-state index contributed by atoms with van der Waals surface area (Å²) in [5.74, 6) is -0.369. The lowest BCUT2D eigenvalue weighted by Gasteiger charge is -2.25. The molecule has 1 N–H and O–H groups in total. The van der Waals surface area contributed by atoms with Gasteiger partial charge in [-0.15, -0.1) is 0 Å². The van der Waals surface area contributed by atoms with Gasteiger partial charge in [0.25, 0.3) is 5.91 Å². The molecule has 0 radical (unpaired) electrons. The van der Waals surface area contributed by atoms with Crippen LogP contribution in [0.3, 0.4) is 0 Å². The number of carbonyl (C=O) groups excluding carboxylic acids is 3. The summed E-state index contributed by atoms with van der Waals surface area (Å²) in [5.41, 5.74) is 0.563. The van der Waals surface area contributed by atoms with Crippen LogP contribution in [0.1, 0.15) is 30.1 Å². The van der Waals surface area contributed by atoms with Gasteiger partial charge in [0.15, 0.2) is 0 Å². The lowest BCUT2D eigenvalue weighted by molar-refractivity contribution is -0.140. The van der Waals surface area contributed by atoms with Gasteiger partial charge >= 0.3 is 0 Å². The second kappa shape index (κ2) is 7.26. The van der Waals surface area contributed by atoms with Crippen LogP contribution in [0.4, 0.5) is 0 Å². The van der Waals surface area contributed by atoms with Gasteiger partial charge < -0.3 is 15.1 Å². The number of likely N-dealkylation sites (N-methyl/N-ethyl adjacent to an activating group) is 2. The molecule has 0 aromatic heterocycles. The highest BCUT2D eigenvalue weighted by molar-refractivity contribution is 5.94. The maximum atomic E-state index is 12.3. The zero-order chi connectivity index (χ0) is 17.0. The minimum atomic E-state index is -0.385. The van der Waals surface area contributed by atoms with Crippen LogP contribution in [-0.2, 0) is 9.59 Å². The molecule has 6 nitrogen and oxygen atoms in total. The van der Waals surface area contributed by atoms with Gasteiger partial charge in [-0.2, -0.15) is 0 Å². The summed E-state index contributed by atoms with van der Waals surface area (Å²) >= 11 is 0. The highest BCUT2D eigenvalue weighted by Crippen LogP contribution is 2.15. The zero-order valence-electron chi connectivity index (χ0n) is 13.8. The summed E-state index contributed by atoms with van der Waals surface area (Å²) in [6, 6.07) is 8.19. The van der Waals surface area contributed by atoms with Crippen molar-refractivity contribution in [2.75, 3.05) is 20.6 Å². The van der Waals surface area contributed by atoms with Crippen LogP contribution in [0.2, 0.25) is 0 Å². The molecule has 1 aliphatic heterocycles. The summed E-state index contributed by atoms with van der Waals surface area (Å²) in [6.07, 6.45) is 0.824. The number of likely N-dealkylation sites (tertiary alicyclic amines) is 1. The molecule has 1 aromatic carbocycles. The normalized spacial score (nSPS) is 18.7. The zero-order valence-corrected chi connectivity index (χ0v) is 13.8. The van der Waals surface area contributed by atoms with Gasteiger partial charge in [-0.3, -0.25) is 14.4 Å². The molecule has 1 aromatic rings. The van der Waals surface area contributed by atoms with Crippen molar-refractivity contribution in [3.63, 3.8) is 0 Å². The summed E-state index contributed by atoms with van der Waals surface area (Å²) in [6.45, 7) is 2.45. The van der Waals surface area contributed by atoms with E-state index in [0.29, 0.717) is 18.5 Å². The molecule has 6 heteroatoms. The van der Waals surface area contributed by atoms with Crippen LogP contribution in [-0.4, -0.2) is 60.2 Å². The monoisotopic (exact) mass is 317 g/mol. The maximum absolute atomic E-state index is 12.3. The summed E-state index contributed by atoms with van der Waals surface area (Å²) in [5, 5.41) is 2.81. The highest BCUT2D eigenvalue weighted by Gasteiger charge is 2.34. The Labute approximate surface area is 136 Å². The van der Waals surface area contributed by atoms with Crippen molar-refractivity contribution in [2.45, 2.75) is 31.8 Å². The third kappa shape index (κ3) is 4.09. The number of hydrogen-bond acceptors (Lipinski definition) is 3. The van der Waals surface area contributed by atoms with E-state index in [1.165, 1.54) is 4.90 Å². The molecule has 1 fully saturated rings. The summed E-state index contributed by atoms with van der Waals surface area (Å²) < 4.78 is 0. The molecule has 23 heavy (non-hydrogen) atoms. The Balaban J connectivity index is 1.87. The van der Waals surface area contributed by atoms with E-state index in [-0.39, 0.29) is 36.2 Å². The molecule has 0 bridgehead atoms. The average molecular weight is 317 g/mol. The first-order valence-corrected chi connectivity index (χ1v) is 7.76. The fraction of sp³-hybridized carbons (Fsp3) is 0.471. The van der Waals surface area contributed by atoms with Gasteiger partial charge in [0, 0.05) is 38.7 Å². The van der Waals surface area contributed by atoms with Crippen molar-refractivity contribution >= 4 is 17.7 Å². The van der Waals surface area contributed by atoms with Gasteiger partial charge in [-0.05, 0) is 25.5 Å². The third-order valence-electron chi connectivity index (χ3n) is 4.15. The van der Waals surface area contributed by atoms with E-state index in [4.69, 9.17) is 0 Å². The van der Waals surface area contributed by atoms with Crippen molar-refractivity contribution in [2.24, 2.45) is 0 Å². The standard InChI is InChI=1S/C17H23N3O3/c1-12(18-16(22)13-7-5-4-6-8-13)11-15(21)20(3)14-9-10-19(2)17(14)23/h4-8,12,14H,9-11H2,1-3H3,(H,18,22). The SMILES string of the molecule is CC(CC(=O)N(C)C1CCN(C)C1=O)NC(=O)c1ccccc1. The van der Waals surface area contributed by atoms with Crippen LogP contribution in [0.25, 0.3) is 0 Å². The van der Waals surface area contributed by atoms with E-state index >= 15 is 0 Å². The first kappa shape index (κ1) is 17.0. The number of benzene rings is 1. The van der Waals surface area contributed by atoms with Gasteiger partial charge in [-0.1, -0.05) is 18.2 Å².